The molecule has 1 atom stereocenters. The van der Waals surface area contributed by atoms with Crippen LogP contribution < -0.4 is 16.0 Å². The van der Waals surface area contributed by atoms with Crippen molar-refractivity contribution in [2.75, 3.05) is 26.3 Å². The second-order valence-corrected chi connectivity index (χ2v) is 5.22. The number of likely N-dealkylation sites (tertiary alicyclic amines) is 1. The molecule has 1 heterocycles. The Kier molecular flexibility index (Phi) is 5.98. The van der Waals surface area contributed by atoms with Gasteiger partial charge in [-0.1, -0.05) is 12.5 Å². The summed E-state index contributed by atoms with van der Waals surface area (Å²) in [4.78, 5) is 13.7. The third-order valence-electron chi connectivity index (χ3n) is 3.83. The molecule has 1 unspecified atom stereocenters. The van der Waals surface area contributed by atoms with Crippen LogP contribution in [0.3, 0.4) is 0 Å². The van der Waals surface area contributed by atoms with Gasteiger partial charge in [0.05, 0.1) is 6.61 Å². The first-order valence-corrected chi connectivity index (χ1v) is 7.33. The quantitative estimate of drug-likeness (QED) is 0.404. The summed E-state index contributed by atoms with van der Waals surface area (Å²) in [5.41, 5.74) is 2.57. The van der Waals surface area contributed by atoms with E-state index < -0.39 is 0 Å². The molecule has 1 aliphatic heterocycles. The van der Waals surface area contributed by atoms with E-state index in [0.717, 1.165) is 19.5 Å². The van der Waals surface area contributed by atoms with Gasteiger partial charge in [-0.05, 0) is 37.6 Å². The number of hydrogen-bond donors (Lipinski definition) is 3. The van der Waals surface area contributed by atoms with E-state index in [1.165, 1.54) is 12.8 Å². The van der Waals surface area contributed by atoms with E-state index in [-0.39, 0.29) is 18.6 Å². The molecule has 116 valence electrons. The number of hydrazine groups is 1. The highest BCUT2D eigenvalue weighted by molar-refractivity contribution is 5.94. The van der Waals surface area contributed by atoms with Crippen LogP contribution in [0.5, 0.6) is 5.75 Å². The van der Waals surface area contributed by atoms with Gasteiger partial charge in [0.25, 0.3) is 5.91 Å². The van der Waals surface area contributed by atoms with Crippen molar-refractivity contribution in [3.05, 3.63) is 29.8 Å². The smallest absolute Gasteiger partial charge is 0.265 e. The number of nitrogens with one attached hydrogen (secondary N) is 1. The largest absolute Gasteiger partial charge is 0.492 e. The third kappa shape index (κ3) is 4.42. The van der Waals surface area contributed by atoms with Crippen molar-refractivity contribution < 1.29 is 14.6 Å². The lowest BCUT2D eigenvalue weighted by molar-refractivity contribution is 0.0772. The molecule has 2 rings (SSSR count). The first-order chi connectivity index (χ1) is 10.2. The highest BCUT2D eigenvalue weighted by atomic mass is 16.5. The number of nitrogen functional groups attached to an aromatic ring is 1. The van der Waals surface area contributed by atoms with Gasteiger partial charge in [0.1, 0.15) is 12.4 Å². The molecular formula is C15H23N3O3. The van der Waals surface area contributed by atoms with Gasteiger partial charge in [-0.25, -0.2) is 5.84 Å². The second kappa shape index (κ2) is 7.97. The predicted octanol–water partition coefficient (Wildman–Crippen LogP) is 0.516. The molecule has 0 saturated carbocycles. The van der Waals surface area contributed by atoms with Gasteiger partial charge in [-0.2, -0.15) is 0 Å². The minimum absolute atomic E-state index is 0.201. The van der Waals surface area contributed by atoms with Gasteiger partial charge in [0.15, 0.2) is 0 Å². The van der Waals surface area contributed by atoms with E-state index in [1.54, 1.807) is 18.2 Å². The molecule has 1 fully saturated rings. The van der Waals surface area contributed by atoms with E-state index in [1.807, 2.05) is 6.07 Å². The lowest BCUT2D eigenvalue weighted by Gasteiger charge is -2.34. The van der Waals surface area contributed by atoms with Crippen LogP contribution in [0, 0.1) is 0 Å². The summed E-state index contributed by atoms with van der Waals surface area (Å²) in [6.45, 7) is 2.51. The topological polar surface area (TPSA) is 87.8 Å². The molecule has 4 N–H and O–H groups in total. The molecular weight excluding hydrogens is 270 g/mol. The molecule has 6 nitrogen and oxygen atoms in total. The minimum Gasteiger partial charge on any atom is -0.492 e. The van der Waals surface area contributed by atoms with E-state index in [2.05, 4.69) is 10.3 Å². The van der Waals surface area contributed by atoms with Crippen LogP contribution in [-0.2, 0) is 0 Å². The zero-order chi connectivity index (χ0) is 15.1. The fraction of sp³-hybridized carbons (Fsp3) is 0.533. The molecule has 21 heavy (non-hydrogen) atoms. The molecule has 0 aliphatic carbocycles. The van der Waals surface area contributed by atoms with Crippen molar-refractivity contribution in [3.63, 3.8) is 0 Å². The van der Waals surface area contributed by atoms with Gasteiger partial charge in [-0.15, -0.1) is 0 Å². The number of rotatable bonds is 6. The Morgan fingerprint density at radius 1 is 1.48 bits per heavy atom. The van der Waals surface area contributed by atoms with Crippen molar-refractivity contribution in [1.82, 2.24) is 10.3 Å². The van der Waals surface area contributed by atoms with Gasteiger partial charge < -0.3 is 9.84 Å². The number of carbonyl (C=O) groups is 1. The summed E-state index contributed by atoms with van der Waals surface area (Å²) in [7, 11) is 0. The second-order valence-electron chi connectivity index (χ2n) is 5.22. The number of hydrogen-bond acceptors (Lipinski definition) is 5. The average molecular weight is 293 g/mol. The maximum absolute atomic E-state index is 11.4. The molecule has 0 bridgehead atoms. The fourth-order valence-corrected chi connectivity index (χ4v) is 2.65. The maximum atomic E-state index is 11.4. The number of carbonyl (C=O) groups excluding carboxylic acids is 1. The predicted molar refractivity (Wildman–Crippen MR) is 79.9 cm³/mol. The number of piperidine rings is 1. The number of nitrogens with two attached hydrogens (primary N) is 1. The van der Waals surface area contributed by atoms with Crippen LogP contribution in [0.15, 0.2) is 24.3 Å². The first kappa shape index (κ1) is 15.8. The Bertz CT molecular complexity index is 467. The molecule has 1 aromatic rings. The summed E-state index contributed by atoms with van der Waals surface area (Å²) in [6.07, 6.45) is 3.39. The normalized spacial score (nSPS) is 19.2. The third-order valence-corrected chi connectivity index (χ3v) is 3.83. The molecule has 1 saturated heterocycles. The Hall–Kier alpha value is -1.63. The summed E-state index contributed by atoms with van der Waals surface area (Å²) >= 11 is 0. The molecule has 0 spiro atoms. The molecule has 1 aliphatic rings. The molecule has 1 aromatic carbocycles. The van der Waals surface area contributed by atoms with Crippen LogP contribution >= 0.6 is 0 Å². The lowest BCUT2D eigenvalue weighted by atomic mass is 10.0. The molecule has 6 heteroatoms. The summed E-state index contributed by atoms with van der Waals surface area (Å²) < 4.78 is 5.69. The van der Waals surface area contributed by atoms with Crippen molar-refractivity contribution in [1.29, 1.82) is 0 Å². The van der Waals surface area contributed by atoms with E-state index >= 15 is 0 Å². The number of nitrogens with zero attached hydrogens (tertiary/aromatic N) is 1. The number of amides is 1. The highest BCUT2D eigenvalue weighted by Crippen LogP contribution is 2.17. The number of aliphatic hydroxyl groups is 1. The van der Waals surface area contributed by atoms with Gasteiger partial charge in [0.2, 0.25) is 0 Å². The summed E-state index contributed by atoms with van der Waals surface area (Å²) in [5, 5.41) is 9.36. The molecule has 1 amide bonds. The zero-order valence-electron chi connectivity index (χ0n) is 12.1. The van der Waals surface area contributed by atoms with Crippen LogP contribution in [-0.4, -0.2) is 48.3 Å². The van der Waals surface area contributed by atoms with Gasteiger partial charge in [0, 0.05) is 18.2 Å². The Morgan fingerprint density at radius 3 is 3.10 bits per heavy atom. The fourth-order valence-electron chi connectivity index (χ4n) is 2.65. The van der Waals surface area contributed by atoms with Crippen LogP contribution in [0.1, 0.15) is 29.6 Å². The van der Waals surface area contributed by atoms with Crippen molar-refractivity contribution in [2.45, 2.75) is 25.3 Å². The van der Waals surface area contributed by atoms with Crippen molar-refractivity contribution in [2.24, 2.45) is 5.84 Å². The summed E-state index contributed by atoms with van der Waals surface area (Å²) in [6, 6.07) is 7.17. The highest BCUT2D eigenvalue weighted by Gasteiger charge is 2.21. The Balaban J connectivity index is 1.84. The number of benzene rings is 1. The number of aliphatic hydroxyl groups excluding tert-OH is 1. The van der Waals surface area contributed by atoms with E-state index in [4.69, 9.17) is 10.6 Å². The standard InChI is InChI=1S/C15H23N3O3/c16-17-15(20)12-4-3-6-14(10-12)21-9-8-18-7-2-1-5-13(18)11-19/h3-4,6,10,13,19H,1-2,5,7-9,11,16H2,(H,17,20). The maximum Gasteiger partial charge on any atom is 0.265 e. The van der Waals surface area contributed by atoms with Crippen molar-refractivity contribution >= 4 is 5.91 Å². The van der Waals surface area contributed by atoms with Gasteiger partial charge >= 0.3 is 0 Å². The summed E-state index contributed by atoms with van der Waals surface area (Å²) in [5.74, 6) is 5.42. The van der Waals surface area contributed by atoms with Crippen LogP contribution in [0.2, 0.25) is 0 Å². The van der Waals surface area contributed by atoms with E-state index in [9.17, 15) is 9.90 Å². The Morgan fingerprint density at radius 2 is 2.33 bits per heavy atom. The van der Waals surface area contributed by atoms with Crippen molar-refractivity contribution in [3.8, 4) is 5.75 Å². The average Bonchev–Trinajstić information content (AvgIpc) is 2.55. The van der Waals surface area contributed by atoms with Gasteiger partial charge in [-0.3, -0.25) is 15.1 Å². The Labute approximate surface area is 124 Å². The lowest BCUT2D eigenvalue weighted by Crippen LogP contribution is -2.43. The SMILES string of the molecule is NNC(=O)c1cccc(OCCN2CCCCC2CO)c1. The van der Waals surface area contributed by atoms with E-state index in [0.29, 0.717) is 17.9 Å². The minimum atomic E-state index is -0.336. The zero-order valence-corrected chi connectivity index (χ0v) is 12.1. The first-order valence-electron chi connectivity index (χ1n) is 7.33. The molecule has 0 aromatic heterocycles. The number of ether oxygens (including phenoxy) is 1. The van der Waals surface area contributed by atoms with Crippen LogP contribution in [0.25, 0.3) is 0 Å². The monoisotopic (exact) mass is 293 g/mol. The van der Waals surface area contributed by atoms with Crippen LogP contribution in [0.4, 0.5) is 0 Å². The molecule has 0 radical (unpaired) electrons.